The third-order valence-electron chi connectivity index (χ3n) is 4.69. The van der Waals surface area contributed by atoms with Crippen LogP contribution in [-0.4, -0.2) is 58.3 Å². The first-order valence-electron chi connectivity index (χ1n) is 8.78. The highest BCUT2D eigenvalue weighted by molar-refractivity contribution is 6.32. The molecule has 6 nitrogen and oxygen atoms in total. The Morgan fingerprint density at radius 3 is 2.30 bits per heavy atom. The van der Waals surface area contributed by atoms with Crippen molar-refractivity contribution in [2.75, 3.05) is 57.7 Å². The van der Waals surface area contributed by atoms with E-state index in [1.54, 1.807) is 12.1 Å². The molecule has 0 bridgehead atoms. The van der Waals surface area contributed by atoms with Crippen molar-refractivity contribution in [1.82, 2.24) is 4.90 Å². The van der Waals surface area contributed by atoms with E-state index in [1.165, 1.54) is 14.2 Å². The van der Waals surface area contributed by atoms with Crippen LogP contribution >= 0.6 is 11.6 Å². The number of halogens is 1. The van der Waals surface area contributed by atoms with E-state index in [2.05, 4.69) is 22.2 Å². The van der Waals surface area contributed by atoms with Gasteiger partial charge in [-0.2, -0.15) is 0 Å². The average molecular weight is 390 g/mol. The molecule has 2 aromatic rings. The zero-order valence-corrected chi connectivity index (χ0v) is 16.5. The molecular weight excluding hydrogens is 366 g/mol. The number of likely N-dealkylation sites (N-methyl/N-ethyl adjacent to an activating group) is 1. The molecular formula is C20H24ClN3O3. The predicted octanol–water partition coefficient (Wildman–Crippen LogP) is 3.36. The summed E-state index contributed by atoms with van der Waals surface area (Å²) in [5, 5.41) is 3.22. The highest BCUT2D eigenvalue weighted by Gasteiger charge is 2.16. The van der Waals surface area contributed by atoms with Crippen LogP contribution in [0.5, 0.6) is 11.5 Å². The van der Waals surface area contributed by atoms with E-state index in [0.29, 0.717) is 22.1 Å². The second-order valence-electron chi connectivity index (χ2n) is 6.48. The molecule has 0 aliphatic carbocycles. The number of nitrogens with zero attached hydrogens (tertiary/aromatic N) is 2. The number of carbonyl (C=O) groups is 1. The summed E-state index contributed by atoms with van der Waals surface area (Å²) in [6, 6.07) is 11.1. The molecule has 27 heavy (non-hydrogen) atoms. The van der Waals surface area contributed by atoms with Gasteiger partial charge in [0.05, 0.1) is 19.2 Å². The Bertz CT molecular complexity index is 803. The van der Waals surface area contributed by atoms with Gasteiger partial charge in [0.15, 0.2) is 11.5 Å². The fourth-order valence-corrected chi connectivity index (χ4v) is 3.36. The van der Waals surface area contributed by atoms with Crippen LogP contribution in [0.3, 0.4) is 0 Å². The molecule has 0 unspecified atom stereocenters. The van der Waals surface area contributed by atoms with Crippen LogP contribution in [0, 0.1) is 0 Å². The predicted molar refractivity (Wildman–Crippen MR) is 109 cm³/mol. The fraction of sp³-hybridized carbons (Fsp3) is 0.350. The SMILES string of the molecule is COc1cc(C(=O)Nc2ccc(N3CCN(C)CC3)cc2)cc(Cl)c1OC. The van der Waals surface area contributed by atoms with E-state index < -0.39 is 0 Å². The van der Waals surface area contributed by atoms with Gasteiger partial charge in [-0.3, -0.25) is 4.79 Å². The molecule has 7 heteroatoms. The monoisotopic (exact) mass is 389 g/mol. The van der Waals surface area contributed by atoms with Gasteiger partial charge in [0.25, 0.3) is 5.91 Å². The van der Waals surface area contributed by atoms with E-state index in [9.17, 15) is 4.79 Å². The van der Waals surface area contributed by atoms with Gasteiger partial charge < -0.3 is 24.6 Å². The van der Waals surface area contributed by atoms with E-state index >= 15 is 0 Å². The molecule has 3 rings (SSSR count). The molecule has 0 radical (unpaired) electrons. The van der Waals surface area contributed by atoms with Crippen molar-refractivity contribution in [3.8, 4) is 11.5 Å². The number of amides is 1. The smallest absolute Gasteiger partial charge is 0.255 e. The minimum absolute atomic E-state index is 0.259. The fourth-order valence-electron chi connectivity index (χ4n) is 3.07. The van der Waals surface area contributed by atoms with Gasteiger partial charge in [-0.25, -0.2) is 0 Å². The van der Waals surface area contributed by atoms with Gasteiger partial charge in [-0.15, -0.1) is 0 Å². The molecule has 1 fully saturated rings. The lowest BCUT2D eigenvalue weighted by molar-refractivity contribution is 0.102. The summed E-state index contributed by atoms with van der Waals surface area (Å²) < 4.78 is 10.5. The Kier molecular flexibility index (Phi) is 6.08. The van der Waals surface area contributed by atoms with Crippen LogP contribution in [0.2, 0.25) is 5.02 Å². The highest BCUT2D eigenvalue weighted by atomic mass is 35.5. The molecule has 0 saturated carbocycles. The lowest BCUT2D eigenvalue weighted by Gasteiger charge is -2.34. The molecule has 1 aliphatic heterocycles. The first-order valence-corrected chi connectivity index (χ1v) is 9.16. The summed E-state index contributed by atoms with van der Waals surface area (Å²) in [6.45, 7) is 4.12. The molecule has 1 amide bonds. The molecule has 144 valence electrons. The van der Waals surface area contributed by atoms with Gasteiger partial charge in [0.2, 0.25) is 0 Å². The van der Waals surface area contributed by atoms with Gasteiger partial charge >= 0.3 is 0 Å². The van der Waals surface area contributed by atoms with Crippen LogP contribution in [0.4, 0.5) is 11.4 Å². The normalized spacial score (nSPS) is 14.7. The lowest BCUT2D eigenvalue weighted by atomic mass is 10.1. The first-order chi connectivity index (χ1) is 13.0. The van der Waals surface area contributed by atoms with Crippen molar-refractivity contribution in [3.05, 3.63) is 47.0 Å². The van der Waals surface area contributed by atoms with Crippen LogP contribution in [0.1, 0.15) is 10.4 Å². The zero-order valence-electron chi connectivity index (χ0n) is 15.8. The number of nitrogens with one attached hydrogen (secondary N) is 1. The maximum Gasteiger partial charge on any atom is 0.255 e. The summed E-state index contributed by atoms with van der Waals surface area (Å²) in [4.78, 5) is 17.2. The number of benzene rings is 2. The summed E-state index contributed by atoms with van der Waals surface area (Å²) in [5.74, 6) is 0.568. The number of methoxy groups -OCH3 is 2. The summed E-state index contributed by atoms with van der Waals surface area (Å²) in [6.07, 6.45) is 0. The van der Waals surface area contributed by atoms with Crippen molar-refractivity contribution in [2.45, 2.75) is 0 Å². The Balaban J connectivity index is 1.70. The van der Waals surface area contributed by atoms with Crippen molar-refractivity contribution in [3.63, 3.8) is 0 Å². The standard InChI is InChI=1S/C20H24ClN3O3/c1-23-8-10-24(11-9-23)16-6-4-15(5-7-16)22-20(25)14-12-17(21)19(27-3)18(13-14)26-2/h4-7,12-13H,8-11H2,1-3H3,(H,22,25). The third-order valence-corrected chi connectivity index (χ3v) is 4.97. The summed E-state index contributed by atoms with van der Waals surface area (Å²) in [5.41, 5.74) is 2.29. The van der Waals surface area contributed by atoms with Crippen LogP contribution in [0.25, 0.3) is 0 Å². The van der Waals surface area contributed by atoms with Crippen molar-refractivity contribution in [1.29, 1.82) is 0 Å². The molecule has 1 N–H and O–H groups in total. The molecule has 1 aliphatic rings. The Labute approximate surface area is 164 Å². The largest absolute Gasteiger partial charge is 0.493 e. The van der Waals surface area contributed by atoms with Gasteiger partial charge in [0.1, 0.15) is 0 Å². The van der Waals surface area contributed by atoms with Gasteiger partial charge in [0, 0.05) is 43.1 Å². The second kappa shape index (κ2) is 8.50. The van der Waals surface area contributed by atoms with Crippen LogP contribution in [-0.2, 0) is 0 Å². The Morgan fingerprint density at radius 1 is 1.04 bits per heavy atom. The minimum atomic E-state index is -0.259. The number of hydrogen-bond donors (Lipinski definition) is 1. The maximum absolute atomic E-state index is 12.6. The minimum Gasteiger partial charge on any atom is -0.493 e. The van der Waals surface area contributed by atoms with E-state index in [-0.39, 0.29) is 5.91 Å². The second-order valence-corrected chi connectivity index (χ2v) is 6.89. The van der Waals surface area contributed by atoms with E-state index in [0.717, 1.165) is 37.6 Å². The van der Waals surface area contributed by atoms with Gasteiger partial charge in [-0.1, -0.05) is 11.6 Å². The number of hydrogen-bond acceptors (Lipinski definition) is 5. The molecule has 1 saturated heterocycles. The molecule has 0 aromatic heterocycles. The van der Waals surface area contributed by atoms with Crippen LogP contribution < -0.4 is 19.7 Å². The number of ether oxygens (including phenoxy) is 2. The van der Waals surface area contributed by atoms with Crippen molar-refractivity contribution in [2.24, 2.45) is 0 Å². The maximum atomic E-state index is 12.6. The third kappa shape index (κ3) is 4.46. The van der Waals surface area contributed by atoms with Gasteiger partial charge in [-0.05, 0) is 43.4 Å². The molecule has 0 spiro atoms. The number of carbonyl (C=O) groups excluding carboxylic acids is 1. The zero-order chi connectivity index (χ0) is 19.4. The number of piperazine rings is 1. The Hall–Kier alpha value is -2.44. The number of rotatable bonds is 5. The van der Waals surface area contributed by atoms with E-state index in [4.69, 9.17) is 21.1 Å². The molecule has 0 atom stereocenters. The van der Waals surface area contributed by atoms with Crippen molar-refractivity contribution >= 4 is 28.9 Å². The lowest BCUT2D eigenvalue weighted by Crippen LogP contribution is -2.44. The highest BCUT2D eigenvalue weighted by Crippen LogP contribution is 2.36. The topological polar surface area (TPSA) is 54.0 Å². The Morgan fingerprint density at radius 2 is 1.70 bits per heavy atom. The summed E-state index contributed by atoms with van der Waals surface area (Å²) in [7, 11) is 5.15. The summed E-state index contributed by atoms with van der Waals surface area (Å²) >= 11 is 6.18. The molecule has 2 aromatic carbocycles. The van der Waals surface area contributed by atoms with Crippen LogP contribution in [0.15, 0.2) is 36.4 Å². The quantitative estimate of drug-likeness (QED) is 0.849. The average Bonchev–Trinajstić information content (AvgIpc) is 2.68. The van der Waals surface area contributed by atoms with Crippen molar-refractivity contribution < 1.29 is 14.3 Å². The first kappa shape index (κ1) is 19.3. The van der Waals surface area contributed by atoms with E-state index in [1.807, 2.05) is 24.3 Å². The number of anilines is 2. The molecule has 1 heterocycles.